The highest BCUT2D eigenvalue weighted by molar-refractivity contribution is 7.89. The van der Waals surface area contributed by atoms with Gasteiger partial charge in [0.1, 0.15) is 5.75 Å². The number of aliphatic hydroxyl groups is 1. The molecule has 98 valence electrons. The lowest BCUT2D eigenvalue weighted by molar-refractivity contribution is 0.120. The second-order valence-electron chi connectivity index (χ2n) is 4.63. The SMILES string of the molecule is CC(C)C(c1nc(CS(C)(=O)=O)no1)C(C)O. The molecule has 0 aromatic carbocycles. The van der Waals surface area contributed by atoms with Crippen LogP contribution in [0, 0.1) is 5.92 Å². The van der Waals surface area contributed by atoms with Gasteiger partial charge >= 0.3 is 0 Å². The normalized spacial score (nSPS) is 16.1. The van der Waals surface area contributed by atoms with E-state index in [1.54, 1.807) is 6.92 Å². The van der Waals surface area contributed by atoms with Gasteiger partial charge in [0.2, 0.25) is 5.89 Å². The zero-order valence-electron chi connectivity index (χ0n) is 10.4. The standard InChI is InChI=1S/C10H18N2O4S/c1-6(2)9(7(3)13)10-11-8(12-16-10)5-17(4,14)15/h6-7,9,13H,5H2,1-4H3. The fourth-order valence-electron chi connectivity index (χ4n) is 1.74. The molecule has 0 aliphatic heterocycles. The molecule has 0 aliphatic rings. The minimum absolute atomic E-state index is 0.126. The number of sulfone groups is 1. The number of aliphatic hydroxyl groups excluding tert-OH is 1. The molecule has 0 saturated carbocycles. The van der Waals surface area contributed by atoms with Crippen molar-refractivity contribution in [3.63, 3.8) is 0 Å². The maximum absolute atomic E-state index is 11.1. The Morgan fingerprint density at radius 3 is 2.35 bits per heavy atom. The van der Waals surface area contributed by atoms with Crippen LogP contribution in [0.2, 0.25) is 0 Å². The van der Waals surface area contributed by atoms with Gasteiger partial charge in [0.25, 0.3) is 0 Å². The Kier molecular flexibility index (Phi) is 4.26. The first-order chi connectivity index (χ1) is 7.70. The molecule has 1 N–H and O–H groups in total. The first-order valence-electron chi connectivity index (χ1n) is 5.39. The van der Waals surface area contributed by atoms with Gasteiger partial charge in [-0.25, -0.2) is 8.42 Å². The molecular formula is C10H18N2O4S. The minimum Gasteiger partial charge on any atom is -0.393 e. The number of nitrogens with zero attached hydrogens (tertiary/aromatic N) is 2. The van der Waals surface area contributed by atoms with Crippen LogP contribution in [-0.2, 0) is 15.6 Å². The van der Waals surface area contributed by atoms with Crippen LogP contribution < -0.4 is 0 Å². The lowest BCUT2D eigenvalue weighted by Crippen LogP contribution is -2.20. The number of rotatable bonds is 5. The van der Waals surface area contributed by atoms with Gasteiger partial charge in [0.15, 0.2) is 15.7 Å². The summed E-state index contributed by atoms with van der Waals surface area (Å²) in [4.78, 5) is 4.02. The average molecular weight is 262 g/mol. The molecule has 1 rings (SSSR count). The summed E-state index contributed by atoms with van der Waals surface area (Å²) in [6.45, 7) is 5.50. The van der Waals surface area contributed by atoms with Crippen molar-refractivity contribution >= 4 is 9.84 Å². The van der Waals surface area contributed by atoms with E-state index in [0.717, 1.165) is 6.26 Å². The van der Waals surface area contributed by atoms with Gasteiger partial charge in [-0.05, 0) is 12.8 Å². The van der Waals surface area contributed by atoms with E-state index in [4.69, 9.17) is 4.52 Å². The van der Waals surface area contributed by atoms with Gasteiger partial charge in [-0.15, -0.1) is 0 Å². The molecule has 0 saturated heterocycles. The number of hydrogen-bond acceptors (Lipinski definition) is 6. The molecule has 1 heterocycles. The molecule has 0 spiro atoms. The van der Waals surface area contributed by atoms with Gasteiger partial charge in [0, 0.05) is 6.26 Å². The van der Waals surface area contributed by atoms with E-state index in [2.05, 4.69) is 10.1 Å². The van der Waals surface area contributed by atoms with Crippen LogP contribution in [0.15, 0.2) is 4.52 Å². The highest BCUT2D eigenvalue weighted by atomic mass is 32.2. The second kappa shape index (κ2) is 5.14. The zero-order valence-corrected chi connectivity index (χ0v) is 11.2. The minimum atomic E-state index is -3.18. The van der Waals surface area contributed by atoms with Crippen molar-refractivity contribution < 1.29 is 18.0 Å². The van der Waals surface area contributed by atoms with Crippen LogP contribution in [0.25, 0.3) is 0 Å². The summed E-state index contributed by atoms with van der Waals surface area (Å²) in [6, 6.07) is 0. The third kappa shape index (κ3) is 4.08. The van der Waals surface area contributed by atoms with Crippen molar-refractivity contribution in [2.75, 3.05) is 6.26 Å². The fourth-order valence-corrected chi connectivity index (χ4v) is 2.33. The molecule has 1 aromatic heterocycles. The second-order valence-corrected chi connectivity index (χ2v) is 6.77. The summed E-state index contributed by atoms with van der Waals surface area (Å²) >= 11 is 0. The molecule has 7 heteroatoms. The van der Waals surface area contributed by atoms with Gasteiger partial charge in [-0.2, -0.15) is 4.98 Å². The summed E-state index contributed by atoms with van der Waals surface area (Å²) < 4.78 is 27.2. The van der Waals surface area contributed by atoms with Crippen LogP contribution in [0.1, 0.15) is 38.4 Å². The van der Waals surface area contributed by atoms with Crippen molar-refractivity contribution in [1.82, 2.24) is 10.1 Å². The van der Waals surface area contributed by atoms with Crippen molar-refractivity contribution in [3.8, 4) is 0 Å². The van der Waals surface area contributed by atoms with Crippen LogP contribution in [-0.4, -0.2) is 36.0 Å². The predicted octanol–water partition coefficient (Wildman–Crippen LogP) is 0.735. The molecule has 6 nitrogen and oxygen atoms in total. The summed E-state index contributed by atoms with van der Waals surface area (Å²) in [5.41, 5.74) is 0. The Balaban J connectivity index is 2.93. The first kappa shape index (κ1) is 14.1. The highest BCUT2D eigenvalue weighted by Crippen LogP contribution is 2.26. The summed E-state index contributed by atoms with van der Waals surface area (Å²) in [6.07, 6.45) is 0.485. The monoisotopic (exact) mass is 262 g/mol. The third-order valence-corrected chi connectivity index (χ3v) is 3.18. The molecule has 0 radical (unpaired) electrons. The zero-order chi connectivity index (χ0) is 13.2. The van der Waals surface area contributed by atoms with Crippen molar-refractivity contribution in [3.05, 3.63) is 11.7 Å². The molecule has 0 bridgehead atoms. The van der Waals surface area contributed by atoms with Gasteiger partial charge in [-0.1, -0.05) is 19.0 Å². The van der Waals surface area contributed by atoms with Crippen molar-refractivity contribution in [1.29, 1.82) is 0 Å². The lowest BCUT2D eigenvalue weighted by Gasteiger charge is -2.19. The van der Waals surface area contributed by atoms with E-state index in [9.17, 15) is 13.5 Å². The Morgan fingerprint density at radius 2 is 1.94 bits per heavy atom. The Morgan fingerprint density at radius 1 is 1.35 bits per heavy atom. The summed E-state index contributed by atoms with van der Waals surface area (Å²) in [5, 5.41) is 13.2. The Hall–Kier alpha value is -0.950. The van der Waals surface area contributed by atoms with Crippen molar-refractivity contribution in [2.24, 2.45) is 5.92 Å². The van der Waals surface area contributed by atoms with Gasteiger partial charge < -0.3 is 9.63 Å². The van der Waals surface area contributed by atoms with E-state index in [1.165, 1.54) is 0 Å². The molecule has 2 unspecified atom stereocenters. The van der Waals surface area contributed by atoms with Crippen LogP contribution in [0.5, 0.6) is 0 Å². The van der Waals surface area contributed by atoms with E-state index in [0.29, 0.717) is 0 Å². The van der Waals surface area contributed by atoms with Crippen LogP contribution in [0.4, 0.5) is 0 Å². The highest BCUT2D eigenvalue weighted by Gasteiger charge is 2.27. The molecule has 0 aliphatic carbocycles. The van der Waals surface area contributed by atoms with Crippen LogP contribution >= 0.6 is 0 Å². The van der Waals surface area contributed by atoms with E-state index < -0.39 is 15.9 Å². The molecule has 2 atom stereocenters. The maximum atomic E-state index is 11.1. The topological polar surface area (TPSA) is 93.3 Å². The summed E-state index contributed by atoms with van der Waals surface area (Å²) in [7, 11) is -3.18. The lowest BCUT2D eigenvalue weighted by atomic mass is 9.91. The third-order valence-electron chi connectivity index (χ3n) is 2.40. The molecule has 0 fully saturated rings. The molecule has 0 amide bonds. The predicted molar refractivity (Wildman–Crippen MR) is 62.1 cm³/mol. The van der Waals surface area contributed by atoms with Crippen LogP contribution in [0.3, 0.4) is 0 Å². The fraction of sp³-hybridized carbons (Fsp3) is 0.800. The number of hydrogen-bond donors (Lipinski definition) is 1. The Bertz CT molecular complexity index is 456. The van der Waals surface area contributed by atoms with Gasteiger partial charge in [0.05, 0.1) is 12.0 Å². The molecule has 1 aromatic rings. The smallest absolute Gasteiger partial charge is 0.232 e. The van der Waals surface area contributed by atoms with Crippen molar-refractivity contribution in [2.45, 2.75) is 38.5 Å². The van der Waals surface area contributed by atoms with Gasteiger partial charge in [-0.3, -0.25) is 0 Å². The average Bonchev–Trinajstić information content (AvgIpc) is 2.47. The summed E-state index contributed by atoms with van der Waals surface area (Å²) in [5.74, 6) is 0.0148. The maximum Gasteiger partial charge on any atom is 0.232 e. The van der Waals surface area contributed by atoms with E-state index in [-0.39, 0.29) is 29.3 Å². The van der Waals surface area contributed by atoms with E-state index >= 15 is 0 Å². The largest absolute Gasteiger partial charge is 0.393 e. The number of aromatic nitrogens is 2. The Labute approximate surface area is 101 Å². The first-order valence-corrected chi connectivity index (χ1v) is 7.45. The quantitative estimate of drug-likeness (QED) is 0.841. The molecule has 17 heavy (non-hydrogen) atoms. The van der Waals surface area contributed by atoms with E-state index in [1.807, 2.05) is 13.8 Å². The molecular weight excluding hydrogens is 244 g/mol.